The minimum atomic E-state index is -0.786. The molecule has 0 aliphatic heterocycles. The summed E-state index contributed by atoms with van der Waals surface area (Å²) in [5.74, 6) is -0.220. The molecule has 2 N–H and O–H groups in total. The van der Waals surface area contributed by atoms with Gasteiger partial charge in [-0.3, -0.25) is 4.79 Å². The van der Waals surface area contributed by atoms with E-state index in [2.05, 4.69) is 37.5 Å². The Morgan fingerprint density at radius 2 is 1.88 bits per heavy atom. The number of carbonyl (C=O) groups is 1. The Bertz CT molecular complexity index is 625. The lowest BCUT2D eigenvalue weighted by molar-refractivity contribution is -0.121. The quantitative estimate of drug-likeness (QED) is 0.840. The second-order valence-corrected chi connectivity index (χ2v) is 7.87. The molecule has 2 rings (SSSR count). The molecule has 0 unspecified atom stereocenters. The number of hydrogen-bond acceptors (Lipinski definition) is 3. The van der Waals surface area contributed by atoms with E-state index in [0.717, 1.165) is 18.4 Å². The molecule has 0 aromatic heterocycles. The van der Waals surface area contributed by atoms with Crippen molar-refractivity contribution in [2.45, 2.75) is 52.1 Å². The summed E-state index contributed by atoms with van der Waals surface area (Å²) in [6.07, 6.45) is 1.97. The number of nitrogens with zero attached hydrogens (tertiary/aromatic N) is 1. The van der Waals surface area contributed by atoms with Crippen LogP contribution in [0, 0.1) is 28.5 Å². The van der Waals surface area contributed by atoms with Crippen molar-refractivity contribution in [1.82, 2.24) is 10.6 Å². The summed E-state index contributed by atoms with van der Waals surface area (Å²) in [6, 6.07) is 8.45. The van der Waals surface area contributed by atoms with Gasteiger partial charge in [0.1, 0.15) is 11.4 Å². The van der Waals surface area contributed by atoms with Gasteiger partial charge in [-0.1, -0.05) is 32.9 Å². The highest BCUT2D eigenvalue weighted by atomic mass is 19.1. The number of hydrogen-bond donors (Lipinski definition) is 2. The van der Waals surface area contributed by atoms with Crippen LogP contribution < -0.4 is 10.6 Å². The molecule has 0 heterocycles. The van der Waals surface area contributed by atoms with E-state index in [1.807, 2.05) is 0 Å². The molecular formula is C19H26FN3O. The van der Waals surface area contributed by atoms with E-state index in [0.29, 0.717) is 0 Å². The smallest absolute Gasteiger partial charge is 0.235 e. The van der Waals surface area contributed by atoms with Crippen LogP contribution in [0.2, 0.25) is 0 Å². The van der Waals surface area contributed by atoms with Crippen LogP contribution in [-0.2, 0) is 4.79 Å². The first-order valence-electron chi connectivity index (χ1n) is 8.37. The predicted octanol–water partition coefficient (Wildman–Crippen LogP) is 3.31. The van der Waals surface area contributed by atoms with Crippen LogP contribution in [0.1, 0.15) is 52.1 Å². The van der Waals surface area contributed by atoms with E-state index in [4.69, 9.17) is 0 Å². The molecule has 1 saturated carbocycles. The van der Waals surface area contributed by atoms with Gasteiger partial charge in [0.15, 0.2) is 0 Å². The summed E-state index contributed by atoms with van der Waals surface area (Å²) >= 11 is 0. The summed E-state index contributed by atoms with van der Waals surface area (Å²) in [4.78, 5) is 12.3. The first-order chi connectivity index (χ1) is 11.2. The fourth-order valence-corrected chi connectivity index (χ4v) is 2.99. The summed E-state index contributed by atoms with van der Waals surface area (Å²) in [5, 5.41) is 15.4. The Morgan fingerprint density at radius 3 is 2.33 bits per heavy atom. The molecule has 1 aromatic carbocycles. The number of benzene rings is 1. The standard InChI is InChI=1S/C19H26FN3O/c1-18(2,3)17(13-5-9-15(20)10-6-13)22-11-16(24)23-19(4,12-21)14-7-8-14/h5-6,9-10,14,17,22H,7-8,11H2,1-4H3,(H,23,24)/t17-,19+/m0/s1. The van der Waals surface area contributed by atoms with Crippen LogP contribution in [-0.4, -0.2) is 18.0 Å². The van der Waals surface area contributed by atoms with Crippen molar-refractivity contribution in [3.8, 4) is 6.07 Å². The third kappa shape index (κ3) is 4.55. The molecule has 1 amide bonds. The zero-order valence-electron chi connectivity index (χ0n) is 14.8. The highest BCUT2D eigenvalue weighted by Crippen LogP contribution is 2.39. The van der Waals surface area contributed by atoms with Crippen molar-refractivity contribution in [3.63, 3.8) is 0 Å². The molecule has 24 heavy (non-hydrogen) atoms. The number of halogens is 1. The van der Waals surface area contributed by atoms with E-state index in [1.165, 1.54) is 12.1 Å². The fraction of sp³-hybridized carbons (Fsp3) is 0.579. The second-order valence-electron chi connectivity index (χ2n) is 7.87. The average molecular weight is 331 g/mol. The SMILES string of the molecule is CC(C)(C)[C@@H](NCC(=O)N[C@](C)(C#N)C1CC1)c1ccc(F)cc1. The van der Waals surface area contributed by atoms with Crippen LogP contribution in [0.25, 0.3) is 0 Å². The third-order valence-electron chi connectivity index (χ3n) is 4.56. The molecule has 5 heteroatoms. The minimum absolute atomic E-state index is 0.0990. The van der Waals surface area contributed by atoms with Gasteiger partial charge < -0.3 is 10.6 Å². The van der Waals surface area contributed by atoms with Gasteiger partial charge in [0, 0.05) is 6.04 Å². The van der Waals surface area contributed by atoms with Crippen molar-refractivity contribution >= 4 is 5.91 Å². The van der Waals surface area contributed by atoms with Gasteiger partial charge in [0.25, 0.3) is 0 Å². The van der Waals surface area contributed by atoms with Crippen LogP contribution in [0.3, 0.4) is 0 Å². The first-order valence-corrected chi connectivity index (χ1v) is 8.37. The van der Waals surface area contributed by atoms with Gasteiger partial charge in [0.2, 0.25) is 5.91 Å². The highest BCUT2D eigenvalue weighted by Gasteiger charge is 2.43. The van der Waals surface area contributed by atoms with Crippen molar-refractivity contribution in [3.05, 3.63) is 35.6 Å². The maximum atomic E-state index is 13.2. The minimum Gasteiger partial charge on any atom is -0.337 e. The highest BCUT2D eigenvalue weighted by molar-refractivity contribution is 5.79. The Kier molecular flexibility index (Phi) is 5.29. The lowest BCUT2D eigenvalue weighted by atomic mass is 9.82. The monoisotopic (exact) mass is 331 g/mol. The van der Waals surface area contributed by atoms with Gasteiger partial charge in [-0.05, 0) is 48.8 Å². The number of nitriles is 1. The molecule has 130 valence electrons. The summed E-state index contributed by atoms with van der Waals surface area (Å²) in [6.45, 7) is 8.09. The molecule has 2 atom stereocenters. The molecule has 1 aliphatic carbocycles. The molecular weight excluding hydrogens is 305 g/mol. The van der Waals surface area contributed by atoms with Crippen molar-refractivity contribution in [2.75, 3.05) is 6.54 Å². The molecule has 0 bridgehead atoms. The normalized spacial score (nSPS) is 18.3. The Hall–Kier alpha value is -1.93. The van der Waals surface area contributed by atoms with Crippen LogP contribution >= 0.6 is 0 Å². The van der Waals surface area contributed by atoms with Gasteiger partial charge in [-0.2, -0.15) is 5.26 Å². The van der Waals surface area contributed by atoms with Crippen LogP contribution in [0.15, 0.2) is 24.3 Å². The van der Waals surface area contributed by atoms with E-state index in [-0.39, 0.29) is 35.6 Å². The van der Waals surface area contributed by atoms with Crippen molar-refractivity contribution in [1.29, 1.82) is 5.26 Å². The molecule has 4 nitrogen and oxygen atoms in total. The number of rotatable bonds is 6. The predicted molar refractivity (Wildman–Crippen MR) is 91.5 cm³/mol. The molecule has 0 radical (unpaired) electrons. The number of carbonyl (C=O) groups excluding carboxylic acids is 1. The number of amides is 1. The maximum absolute atomic E-state index is 13.2. The molecule has 1 fully saturated rings. The molecule has 1 aliphatic rings. The summed E-state index contributed by atoms with van der Waals surface area (Å²) < 4.78 is 13.2. The van der Waals surface area contributed by atoms with E-state index in [9.17, 15) is 14.4 Å². The lowest BCUT2D eigenvalue weighted by Gasteiger charge is -2.32. The molecule has 0 saturated heterocycles. The molecule has 0 spiro atoms. The zero-order chi connectivity index (χ0) is 18.0. The fourth-order valence-electron chi connectivity index (χ4n) is 2.99. The van der Waals surface area contributed by atoms with E-state index < -0.39 is 5.54 Å². The van der Waals surface area contributed by atoms with Crippen LogP contribution in [0.5, 0.6) is 0 Å². The van der Waals surface area contributed by atoms with Crippen molar-refractivity contribution < 1.29 is 9.18 Å². The summed E-state index contributed by atoms with van der Waals surface area (Å²) in [7, 11) is 0. The molecule has 1 aromatic rings. The second kappa shape index (κ2) is 6.90. The Balaban J connectivity index is 2.01. The largest absolute Gasteiger partial charge is 0.337 e. The average Bonchev–Trinajstić information content (AvgIpc) is 3.33. The van der Waals surface area contributed by atoms with Gasteiger partial charge in [-0.15, -0.1) is 0 Å². The maximum Gasteiger partial charge on any atom is 0.235 e. The zero-order valence-corrected chi connectivity index (χ0v) is 14.8. The van der Waals surface area contributed by atoms with E-state index >= 15 is 0 Å². The number of nitrogens with one attached hydrogen (secondary N) is 2. The van der Waals surface area contributed by atoms with E-state index in [1.54, 1.807) is 19.1 Å². The third-order valence-corrected chi connectivity index (χ3v) is 4.56. The topological polar surface area (TPSA) is 64.9 Å². The Morgan fingerprint density at radius 1 is 1.29 bits per heavy atom. The van der Waals surface area contributed by atoms with Gasteiger partial charge in [0.05, 0.1) is 12.6 Å². The van der Waals surface area contributed by atoms with Crippen LogP contribution in [0.4, 0.5) is 4.39 Å². The lowest BCUT2D eigenvalue weighted by Crippen LogP contribution is -2.50. The van der Waals surface area contributed by atoms with Gasteiger partial charge >= 0.3 is 0 Å². The van der Waals surface area contributed by atoms with Crippen molar-refractivity contribution in [2.24, 2.45) is 11.3 Å². The summed E-state index contributed by atoms with van der Waals surface area (Å²) in [5.41, 5.74) is 0.000804. The Labute approximate surface area is 143 Å². The van der Waals surface area contributed by atoms with Gasteiger partial charge in [-0.25, -0.2) is 4.39 Å². The first kappa shape index (κ1) is 18.4.